The van der Waals surface area contributed by atoms with Gasteiger partial charge in [-0.25, -0.2) is 18.1 Å². The lowest BCUT2D eigenvalue weighted by Crippen LogP contribution is -2.31. The van der Waals surface area contributed by atoms with Gasteiger partial charge in [-0.05, 0) is 38.4 Å². The highest BCUT2D eigenvalue weighted by Gasteiger charge is 2.13. The minimum atomic E-state index is -3.55. The second-order valence-electron chi connectivity index (χ2n) is 5.45. The van der Waals surface area contributed by atoms with E-state index in [4.69, 9.17) is 11.0 Å². The molecule has 0 saturated heterocycles. The van der Waals surface area contributed by atoms with Crippen LogP contribution in [0.2, 0.25) is 0 Å². The molecule has 0 atom stereocenters. The molecule has 10 heteroatoms. The number of hydrogen-bond donors (Lipinski definition) is 3. The van der Waals surface area contributed by atoms with Gasteiger partial charge < -0.3 is 16.0 Å². The molecule has 0 spiro atoms. The molecule has 25 heavy (non-hydrogen) atoms. The first-order chi connectivity index (χ1) is 11.8. The van der Waals surface area contributed by atoms with Crippen molar-refractivity contribution in [2.75, 3.05) is 38.2 Å². The molecule has 2 aromatic rings. The molecule has 0 aliphatic rings. The van der Waals surface area contributed by atoms with Crippen LogP contribution < -0.4 is 15.8 Å². The van der Waals surface area contributed by atoms with Gasteiger partial charge in [-0.2, -0.15) is 10.2 Å². The molecular weight excluding hydrogens is 342 g/mol. The molecule has 0 amide bonds. The number of nitrogens with one attached hydrogen (secondary N) is 2. The number of hydrogen-bond acceptors (Lipinski definition) is 8. The molecule has 0 unspecified atom stereocenters. The number of nitrogens with two attached hydrogens (primary N) is 1. The Bertz CT molecular complexity index is 874. The molecule has 0 bridgehead atoms. The molecule has 9 nitrogen and oxygen atoms in total. The van der Waals surface area contributed by atoms with Crippen molar-refractivity contribution in [3.63, 3.8) is 0 Å². The first kappa shape index (κ1) is 18.6. The van der Waals surface area contributed by atoms with E-state index >= 15 is 0 Å². The van der Waals surface area contributed by atoms with Crippen LogP contribution in [0.15, 0.2) is 35.4 Å². The van der Waals surface area contributed by atoms with Crippen molar-refractivity contribution in [3.8, 4) is 6.07 Å². The number of benzene rings is 1. The molecule has 2 rings (SSSR count). The molecule has 0 aliphatic heterocycles. The Morgan fingerprint density at radius 3 is 2.52 bits per heavy atom. The van der Waals surface area contributed by atoms with Crippen molar-refractivity contribution in [2.24, 2.45) is 0 Å². The van der Waals surface area contributed by atoms with Crippen molar-refractivity contribution < 1.29 is 8.42 Å². The summed E-state index contributed by atoms with van der Waals surface area (Å²) in [7, 11) is 0.183. The summed E-state index contributed by atoms with van der Waals surface area (Å²) in [5, 5.41) is 11.7. The van der Waals surface area contributed by atoms with Gasteiger partial charge in [-0.3, -0.25) is 0 Å². The van der Waals surface area contributed by atoms with Crippen molar-refractivity contribution >= 4 is 27.5 Å². The minimum absolute atomic E-state index is 0.0734. The van der Waals surface area contributed by atoms with Crippen LogP contribution in [0.5, 0.6) is 0 Å². The Kier molecular flexibility index (Phi) is 5.87. The molecule has 1 aromatic heterocycles. The maximum Gasteiger partial charge on any atom is 0.240 e. The van der Waals surface area contributed by atoms with E-state index in [1.807, 2.05) is 25.1 Å². The fourth-order valence-corrected chi connectivity index (χ4v) is 2.90. The van der Waals surface area contributed by atoms with Crippen LogP contribution in [-0.2, 0) is 10.0 Å². The van der Waals surface area contributed by atoms with E-state index in [2.05, 4.69) is 20.0 Å². The number of aromatic nitrogens is 2. The zero-order chi connectivity index (χ0) is 18.4. The standard InChI is InChI=1S/C15H19N7O2S/c1-22(2)8-7-19-25(23,24)13-5-3-12(4-6-13)20-15-18-10-11(9-16)14(17)21-15/h3-6,10,19H,7-8H2,1-2H3,(H3,17,18,20,21). The number of nitriles is 1. The molecule has 1 aromatic carbocycles. The van der Waals surface area contributed by atoms with Crippen LogP contribution in [0.4, 0.5) is 17.5 Å². The van der Waals surface area contributed by atoms with Gasteiger partial charge in [-0.1, -0.05) is 0 Å². The van der Waals surface area contributed by atoms with Gasteiger partial charge in [0.1, 0.15) is 17.5 Å². The van der Waals surface area contributed by atoms with Crippen molar-refractivity contribution in [1.29, 1.82) is 5.26 Å². The topological polar surface area (TPSA) is 137 Å². The van der Waals surface area contributed by atoms with Crippen molar-refractivity contribution in [2.45, 2.75) is 4.90 Å². The van der Waals surface area contributed by atoms with Gasteiger partial charge >= 0.3 is 0 Å². The summed E-state index contributed by atoms with van der Waals surface area (Å²) in [4.78, 5) is 9.99. The van der Waals surface area contributed by atoms with Crippen LogP contribution >= 0.6 is 0 Å². The molecular formula is C15H19N7O2S. The summed E-state index contributed by atoms with van der Waals surface area (Å²) in [5.74, 6) is 0.292. The molecule has 0 saturated carbocycles. The van der Waals surface area contributed by atoms with Gasteiger partial charge in [-0.15, -0.1) is 0 Å². The van der Waals surface area contributed by atoms with Gasteiger partial charge in [0.25, 0.3) is 0 Å². The number of likely N-dealkylation sites (N-methyl/N-ethyl adjacent to an activating group) is 1. The maximum absolute atomic E-state index is 12.2. The SMILES string of the molecule is CN(C)CCNS(=O)(=O)c1ccc(Nc2ncc(C#N)c(N)n2)cc1. The lowest BCUT2D eigenvalue weighted by Gasteiger charge is -2.11. The lowest BCUT2D eigenvalue weighted by molar-refractivity contribution is 0.412. The zero-order valence-electron chi connectivity index (χ0n) is 13.9. The molecule has 0 fully saturated rings. The molecule has 0 radical (unpaired) electrons. The minimum Gasteiger partial charge on any atom is -0.382 e. The Morgan fingerprint density at radius 2 is 1.96 bits per heavy atom. The number of nitrogens with zero attached hydrogens (tertiary/aromatic N) is 4. The van der Waals surface area contributed by atoms with E-state index in [1.165, 1.54) is 18.3 Å². The molecule has 4 N–H and O–H groups in total. The summed E-state index contributed by atoms with van der Waals surface area (Å²) in [6.07, 6.45) is 1.32. The fourth-order valence-electron chi connectivity index (χ4n) is 1.87. The zero-order valence-corrected chi connectivity index (χ0v) is 14.7. The number of sulfonamides is 1. The molecule has 1 heterocycles. The van der Waals surface area contributed by atoms with E-state index in [0.29, 0.717) is 18.8 Å². The summed E-state index contributed by atoms with van der Waals surface area (Å²) in [5.41, 5.74) is 6.41. The Balaban J connectivity index is 2.07. The van der Waals surface area contributed by atoms with Gasteiger partial charge in [0.15, 0.2) is 0 Å². The van der Waals surface area contributed by atoms with Crippen LogP contribution in [-0.4, -0.2) is 50.5 Å². The normalized spacial score (nSPS) is 11.3. The van der Waals surface area contributed by atoms with E-state index < -0.39 is 10.0 Å². The third-order valence-corrected chi connectivity index (χ3v) is 4.69. The Hall–Kier alpha value is -2.74. The van der Waals surface area contributed by atoms with Crippen LogP contribution in [0.25, 0.3) is 0 Å². The maximum atomic E-state index is 12.2. The third-order valence-electron chi connectivity index (χ3n) is 3.21. The molecule has 0 aliphatic carbocycles. The number of anilines is 3. The van der Waals surface area contributed by atoms with Crippen LogP contribution in [0.1, 0.15) is 5.56 Å². The quantitative estimate of drug-likeness (QED) is 0.649. The largest absolute Gasteiger partial charge is 0.382 e. The highest BCUT2D eigenvalue weighted by atomic mass is 32.2. The first-order valence-corrected chi connectivity index (χ1v) is 8.84. The predicted octanol–water partition coefficient (Wildman–Crippen LogP) is 0.514. The van der Waals surface area contributed by atoms with Gasteiger partial charge in [0, 0.05) is 18.8 Å². The highest BCUT2D eigenvalue weighted by molar-refractivity contribution is 7.89. The van der Waals surface area contributed by atoms with Gasteiger partial charge in [0.05, 0.1) is 11.1 Å². The van der Waals surface area contributed by atoms with Gasteiger partial charge in [0.2, 0.25) is 16.0 Å². The summed E-state index contributed by atoms with van der Waals surface area (Å²) < 4.78 is 26.9. The third kappa shape index (κ3) is 5.12. The molecule has 132 valence electrons. The number of nitrogen functional groups attached to an aromatic ring is 1. The first-order valence-electron chi connectivity index (χ1n) is 7.36. The van der Waals surface area contributed by atoms with E-state index in [-0.39, 0.29) is 22.2 Å². The summed E-state index contributed by atoms with van der Waals surface area (Å²) in [6.45, 7) is 0.935. The fraction of sp³-hybridized carbons (Fsp3) is 0.267. The second-order valence-corrected chi connectivity index (χ2v) is 7.22. The predicted molar refractivity (Wildman–Crippen MR) is 94.6 cm³/mol. The lowest BCUT2D eigenvalue weighted by atomic mass is 10.3. The van der Waals surface area contributed by atoms with E-state index in [1.54, 1.807) is 12.1 Å². The smallest absolute Gasteiger partial charge is 0.240 e. The average Bonchev–Trinajstić information content (AvgIpc) is 2.55. The van der Waals surface area contributed by atoms with E-state index in [0.717, 1.165) is 0 Å². The van der Waals surface area contributed by atoms with Crippen molar-refractivity contribution in [1.82, 2.24) is 19.6 Å². The second kappa shape index (κ2) is 7.89. The number of rotatable bonds is 7. The highest BCUT2D eigenvalue weighted by Crippen LogP contribution is 2.18. The summed E-state index contributed by atoms with van der Waals surface area (Å²) >= 11 is 0. The monoisotopic (exact) mass is 361 g/mol. The average molecular weight is 361 g/mol. The van der Waals surface area contributed by atoms with Crippen LogP contribution in [0, 0.1) is 11.3 Å². The Morgan fingerprint density at radius 1 is 1.28 bits per heavy atom. The summed E-state index contributed by atoms with van der Waals surface area (Å²) in [6, 6.07) is 8.03. The van der Waals surface area contributed by atoms with Crippen molar-refractivity contribution in [3.05, 3.63) is 36.0 Å². The van der Waals surface area contributed by atoms with E-state index in [9.17, 15) is 8.42 Å². The Labute approximate surface area is 146 Å². The van der Waals surface area contributed by atoms with Crippen LogP contribution in [0.3, 0.4) is 0 Å².